The Morgan fingerprint density at radius 2 is 2.04 bits per heavy atom. The third kappa shape index (κ3) is 2.82. The van der Waals surface area contributed by atoms with Crippen molar-refractivity contribution in [1.29, 1.82) is 0 Å². The van der Waals surface area contributed by atoms with Crippen molar-refractivity contribution < 1.29 is 0 Å². The van der Waals surface area contributed by atoms with Gasteiger partial charge in [0.15, 0.2) is 0 Å². The maximum absolute atomic E-state index is 4.73. The van der Waals surface area contributed by atoms with Gasteiger partial charge < -0.3 is 9.80 Å². The van der Waals surface area contributed by atoms with Gasteiger partial charge in [-0.1, -0.05) is 13.8 Å². The van der Waals surface area contributed by atoms with Gasteiger partial charge >= 0.3 is 0 Å². The molecule has 2 aromatic rings. The van der Waals surface area contributed by atoms with Gasteiger partial charge in [0.2, 0.25) is 0 Å². The highest BCUT2D eigenvalue weighted by Crippen LogP contribution is 2.41. The summed E-state index contributed by atoms with van der Waals surface area (Å²) in [5, 5.41) is 1.35. The van der Waals surface area contributed by atoms with E-state index in [9.17, 15) is 0 Å². The zero-order chi connectivity index (χ0) is 16.7. The number of nitrogens with zero attached hydrogens (tertiary/aromatic N) is 4. The van der Waals surface area contributed by atoms with Gasteiger partial charge in [0.25, 0.3) is 0 Å². The molecule has 0 amide bonds. The Morgan fingerprint density at radius 1 is 1.25 bits per heavy atom. The maximum atomic E-state index is 4.73. The van der Waals surface area contributed by atoms with Crippen LogP contribution in [0.1, 0.15) is 43.6 Å². The second-order valence-electron chi connectivity index (χ2n) is 7.51. The number of aromatic nitrogens is 2. The van der Waals surface area contributed by atoms with E-state index in [-0.39, 0.29) is 0 Å². The van der Waals surface area contributed by atoms with Gasteiger partial charge in [-0.15, -0.1) is 11.3 Å². The van der Waals surface area contributed by atoms with E-state index in [0.717, 1.165) is 5.92 Å². The molecule has 0 spiro atoms. The summed E-state index contributed by atoms with van der Waals surface area (Å²) in [7, 11) is 2.24. The molecule has 2 aromatic heterocycles. The summed E-state index contributed by atoms with van der Waals surface area (Å²) < 4.78 is 0. The van der Waals surface area contributed by atoms with Gasteiger partial charge in [0.1, 0.15) is 17.0 Å². The van der Waals surface area contributed by atoms with Crippen LogP contribution in [0.3, 0.4) is 0 Å². The Balaban J connectivity index is 1.67. The van der Waals surface area contributed by atoms with E-state index in [4.69, 9.17) is 4.98 Å². The average molecular weight is 345 g/mol. The van der Waals surface area contributed by atoms with Crippen LogP contribution in [0.5, 0.6) is 0 Å². The molecule has 1 atom stereocenters. The molecule has 1 aliphatic heterocycles. The quantitative estimate of drug-likeness (QED) is 0.849. The Labute approximate surface area is 148 Å². The van der Waals surface area contributed by atoms with Crippen molar-refractivity contribution in [3.63, 3.8) is 0 Å². The smallest absolute Gasteiger partial charge is 0.141 e. The van der Waals surface area contributed by atoms with Crippen LogP contribution >= 0.6 is 11.3 Å². The number of thiophene rings is 1. The molecule has 130 valence electrons. The Bertz CT molecular complexity index is 717. The molecule has 5 heteroatoms. The van der Waals surface area contributed by atoms with Crippen LogP contribution in [-0.4, -0.2) is 47.6 Å². The topological polar surface area (TPSA) is 32.3 Å². The minimum atomic E-state index is 0.601. The molecule has 1 fully saturated rings. The predicted molar refractivity (Wildman–Crippen MR) is 102 cm³/mol. The van der Waals surface area contributed by atoms with Crippen LogP contribution in [0.15, 0.2) is 6.33 Å². The lowest BCUT2D eigenvalue weighted by molar-refractivity contribution is 0.220. The van der Waals surface area contributed by atoms with E-state index in [2.05, 4.69) is 35.7 Å². The molecule has 0 saturated carbocycles. The standard InChI is InChI=1S/C19H28N4S/c1-4-23-9-7-14(8-10-23)22(3)18-17-15-6-5-13(2)11-16(15)24-19(17)21-12-20-18/h12-14H,4-11H2,1-3H3/t13-/m0/s1. The number of aryl methyl sites for hydroxylation is 1. The molecule has 0 bridgehead atoms. The van der Waals surface area contributed by atoms with Crippen molar-refractivity contribution in [2.75, 3.05) is 31.6 Å². The van der Waals surface area contributed by atoms with Crippen LogP contribution in [0.25, 0.3) is 10.2 Å². The highest BCUT2D eigenvalue weighted by Gasteiger charge is 2.27. The molecule has 4 rings (SSSR count). The fraction of sp³-hybridized carbons (Fsp3) is 0.684. The summed E-state index contributed by atoms with van der Waals surface area (Å²) in [6.07, 6.45) is 7.94. The lowest BCUT2D eigenvalue weighted by Crippen LogP contribution is -2.43. The zero-order valence-electron chi connectivity index (χ0n) is 15.1. The van der Waals surface area contributed by atoms with Crippen molar-refractivity contribution in [2.45, 2.75) is 52.0 Å². The molecule has 1 aliphatic carbocycles. The maximum Gasteiger partial charge on any atom is 0.141 e. The van der Waals surface area contributed by atoms with Crippen molar-refractivity contribution in [2.24, 2.45) is 5.92 Å². The lowest BCUT2D eigenvalue weighted by Gasteiger charge is -2.37. The number of hydrogen-bond acceptors (Lipinski definition) is 5. The summed E-state index contributed by atoms with van der Waals surface area (Å²) >= 11 is 1.90. The van der Waals surface area contributed by atoms with E-state index < -0.39 is 0 Å². The van der Waals surface area contributed by atoms with E-state index in [0.29, 0.717) is 6.04 Å². The summed E-state index contributed by atoms with van der Waals surface area (Å²) in [6.45, 7) is 8.21. The third-order valence-electron chi connectivity index (χ3n) is 5.96. The van der Waals surface area contributed by atoms with Crippen LogP contribution in [0.2, 0.25) is 0 Å². The predicted octanol–water partition coefficient (Wildman–Crippen LogP) is 3.74. The molecule has 0 unspecified atom stereocenters. The number of likely N-dealkylation sites (tertiary alicyclic amines) is 1. The number of hydrogen-bond donors (Lipinski definition) is 0. The average Bonchev–Trinajstić information content (AvgIpc) is 2.98. The first-order chi connectivity index (χ1) is 11.7. The molecule has 0 radical (unpaired) electrons. The van der Waals surface area contributed by atoms with Crippen LogP contribution in [0.4, 0.5) is 5.82 Å². The zero-order valence-corrected chi connectivity index (χ0v) is 15.9. The van der Waals surface area contributed by atoms with E-state index >= 15 is 0 Å². The van der Waals surface area contributed by atoms with Gasteiger partial charge in [-0.3, -0.25) is 0 Å². The van der Waals surface area contributed by atoms with Gasteiger partial charge in [0.05, 0.1) is 5.39 Å². The highest BCUT2D eigenvalue weighted by atomic mass is 32.1. The van der Waals surface area contributed by atoms with Crippen molar-refractivity contribution in [3.05, 3.63) is 16.8 Å². The molecule has 2 aliphatic rings. The fourth-order valence-electron chi connectivity index (χ4n) is 4.32. The minimum absolute atomic E-state index is 0.601. The molecular weight excluding hydrogens is 316 g/mol. The number of piperidine rings is 1. The van der Waals surface area contributed by atoms with Crippen molar-refractivity contribution >= 4 is 27.4 Å². The molecule has 3 heterocycles. The highest BCUT2D eigenvalue weighted by molar-refractivity contribution is 7.19. The van der Waals surface area contributed by atoms with E-state index in [1.54, 1.807) is 16.8 Å². The molecule has 0 N–H and O–H groups in total. The minimum Gasteiger partial charge on any atom is -0.356 e. The second-order valence-corrected chi connectivity index (χ2v) is 8.59. The number of fused-ring (bicyclic) bond motifs is 3. The Kier molecular flexibility index (Phi) is 4.48. The number of anilines is 1. The van der Waals surface area contributed by atoms with Gasteiger partial charge in [-0.05, 0) is 50.1 Å². The van der Waals surface area contributed by atoms with Gasteiger partial charge in [0, 0.05) is 31.1 Å². The molecule has 24 heavy (non-hydrogen) atoms. The summed E-state index contributed by atoms with van der Waals surface area (Å²) in [4.78, 5) is 17.1. The SMILES string of the molecule is CCN1CCC(N(C)c2ncnc3sc4c(c23)CC[C@H](C)C4)CC1. The summed E-state index contributed by atoms with van der Waals surface area (Å²) in [6, 6.07) is 0.601. The van der Waals surface area contributed by atoms with Crippen LogP contribution in [-0.2, 0) is 12.8 Å². The van der Waals surface area contributed by atoms with Crippen molar-refractivity contribution in [1.82, 2.24) is 14.9 Å². The van der Waals surface area contributed by atoms with Crippen LogP contribution < -0.4 is 4.90 Å². The van der Waals surface area contributed by atoms with E-state index in [1.807, 2.05) is 11.3 Å². The second kappa shape index (κ2) is 6.60. The Morgan fingerprint density at radius 3 is 2.79 bits per heavy atom. The van der Waals surface area contributed by atoms with Crippen molar-refractivity contribution in [3.8, 4) is 0 Å². The molecule has 1 saturated heterocycles. The fourth-order valence-corrected chi connectivity index (χ4v) is 5.67. The lowest BCUT2D eigenvalue weighted by atomic mass is 9.89. The first-order valence-corrected chi connectivity index (χ1v) is 10.2. The monoisotopic (exact) mass is 344 g/mol. The number of rotatable bonds is 3. The normalized spacial score (nSPS) is 22.7. The molecule has 4 nitrogen and oxygen atoms in total. The molecular formula is C19H28N4S. The Hall–Kier alpha value is -1.20. The van der Waals surface area contributed by atoms with Gasteiger partial charge in [-0.2, -0.15) is 0 Å². The van der Waals surface area contributed by atoms with Crippen LogP contribution in [0, 0.1) is 5.92 Å². The first kappa shape index (κ1) is 16.3. The van der Waals surface area contributed by atoms with E-state index in [1.165, 1.54) is 67.8 Å². The summed E-state index contributed by atoms with van der Waals surface area (Å²) in [5.74, 6) is 1.97. The summed E-state index contributed by atoms with van der Waals surface area (Å²) in [5.41, 5.74) is 1.54. The molecule has 0 aromatic carbocycles. The largest absolute Gasteiger partial charge is 0.356 e. The third-order valence-corrected chi connectivity index (χ3v) is 7.12. The van der Waals surface area contributed by atoms with Gasteiger partial charge in [-0.25, -0.2) is 9.97 Å². The first-order valence-electron chi connectivity index (χ1n) is 9.37.